The maximum absolute atomic E-state index is 13.4. The van der Waals surface area contributed by atoms with Gasteiger partial charge in [0.15, 0.2) is 0 Å². The molecule has 1 aliphatic rings. The Morgan fingerprint density at radius 1 is 1.44 bits per heavy atom. The van der Waals surface area contributed by atoms with Gasteiger partial charge in [-0.25, -0.2) is 4.39 Å². The summed E-state index contributed by atoms with van der Waals surface area (Å²) in [6.07, 6.45) is 2.17. The van der Waals surface area contributed by atoms with E-state index in [9.17, 15) is 8.60 Å². The van der Waals surface area contributed by atoms with Crippen molar-refractivity contribution in [3.63, 3.8) is 0 Å². The molecule has 0 spiro atoms. The van der Waals surface area contributed by atoms with Gasteiger partial charge in [-0.05, 0) is 31.9 Å². The quantitative estimate of drug-likeness (QED) is 0.814. The van der Waals surface area contributed by atoms with E-state index in [0.717, 1.165) is 12.8 Å². The van der Waals surface area contributed by atoms with Crippen LogP contribution in [0.1, 0.15) is 19.8 Å². The molecule has 1 aliphatic heterocycles. The highest BCUT2D eigenvalue weighted by molar-refractivity contribution is 7.85. The third kappa shape index (κ3) is 2.68. The molecule has 2 nitrogen and oxygen atoms in total. The van der Waals surface area contributed by atoms with E-state index in [1.54, 1.807) is 18.2 Å². The van der Waals surface area contributed by atoms with Gasteiger partial charge in [-0.1, -0.05) is 12.1 Å². The summed E-state index contributed by atoms with van der Waals surface area (Å²) in [7, 11) is -1.30. The first-order valence-electron chi connectivity index (χ1n) is 5.45. The van der Waals surface area contributed by atoms with Crippen molar-refractivity contribution in [3.05, 3.63) is 30.1 Å². The van der Waals surface area contributed by atoms with Crippen molar-refractivity contribution in [1.29, 1.82) is 0 Å². The highest BCUT2D eigenvalue weighted by Gasteiger charge is 2.24. The molecular weight excluding hydrogens is 227 g/mol. The number of hydrogen-bond donors (Lipinski definition) is 0. The van der Waals surface area contributed by atoms with Crippen LogP contribution in [-0.2, 0) is 15.5 Å². The fourth-order valence-corrected chi connectivity index (χ4v) is 3.17. The highest BCUT2D eigenvalue weighted by atomic mass is 32.2. The van der Waals surface area contributed by atoms with Gasteiger partial charge in [0.2, 0.25) is 0 Å². The average Bonchev–Trinajstić information content (AvgIpc) is 2.64. The van der Waals surface area contributed by atoms with Gasteiger partial charge in [0.25, 0.3) is 0 Å². The molecule has 16 heavy (non-hydrogen) atoms. The lowest BCUT2D eigenvalue weighted by Crippen LogP contribution is -2.17. The molecule has 0 N–H and O–H groups in total. The van der Waals surface area contributed by atoms with Crippen molar-refractivity contribution < 1.29 is 13.3 Å². The summed E-state index contributed by atoms with van der Waals surface area (Å²) < 4.78 is 30.9. The highest BCUT2D eigenvalue weighted by Crippen LogP contribution is 2.22. The van der Waals surface area contributed by atoms with Crippen molar-refractivity contribution in [1.82, 2.24) is 0 Å². The molecule has 1 aromatic carbocycles. The Morgan fingerprint density at radius 2 is 2.19 bits per heavy atom. The number of halogens is 1. The van der Waals surface area contributed by atoms with Gasteiger partial charge >= 0.3 is 0 Å². The Bertz CT molecular complexity index is 394. The first-order chi connectivity index (χ1) is 7.66. The second kappa shape index (κ2) is 5.06. The van der Waals surface area contributed by atoms with E-state index in [2.05, 4.69) is 0 Å². The van der Waals surface area contributed by atoms with Gasteiger partial charge in [0, 0.05) is 0 Å². The zero-order valence-electron chi connectivity index (χ0n) is 9.19. The van der Waals surface area contributed by atoms with Crippen LogP contribution in [0.3, 0.4) is 0 Å². The number of ether oxygens (including phenoxy) is 1. The summed E-state index contributed by atoms with van der Waals surface area (Å²) in [4.78, 5) is 0.283. The molecular formula is C12H15FO2S. The summed E-state index contributed by atoms with van der Waals surface area (Å²) in [5.41, 5.74) is 0. The maximum atomic E-state index is 13.4. The van der Waals surface area contributed by atoms with Crippen LogP contribution < -0.4 is 0 Å². The topological polar surface area (TPSA) is 26.3 Å². The van der Waals surface area contributed by atoms with Crippen LogP contribution in [0.2, 0.25) is 0 Å². The SMILES string of the molecule is CC1CCC(CS(=O)c2ccccc2F)O1. The van der Waals surface area contributed by atoms with Crippen molar-refractivity contribution in [2.75, 3.05) is 5.75 Å². The Morgan fingerprint density at radius 3 is 2.81 bits per heavy atom. The van der Waals surface area contributed by atoms with Crippen LogP contribution in [0.25, 0.3) is 0 Å². The molecule has 3 atom stereocenters. The van der Waals surface area contributed by atoms with Gasteiger partial charge in [0.05, 0.1) is 33.7 Å². The molecule has 1 aromatic rings. The molecule has 0 bridgehead atoms. The third-order valence-corrected chi connectivity index (χ3v) is 4.24. The van der Waals surface area contributed by atoms with Crippen LogP contribution in [-0.4, -0.2) is 22.2 Å². The van der Waals surface area contributed by atoms with Crippen molar-refractivity contribution in [2.45, 2.75) is 36.9 Å². The predicted octanol–water partition coefficient (Wildman–Crippen LogP) is 2.50. The normalized spacial score (nSPS) is 26.9. The Kier molecular flexibility index (Phi) is 3.71. The smallest absolute Gasteiger partial charge is 0.139 e. The van der Waals surface area contributed by atoms with Gasteiger partial charge in [-0.15, -0.1) is 0 Å². The summed E-state index contributed by atoms with van der Waals surface area (Å²) in [5, 5.41) is 0. The molecule has 88 valence electrons. The van der Waals surface area contributed by atoms with Crippen molar-refractivity contribution in [2.24, 2.45) is 0 Å². The lowest BCUT2D eigenvalue weighted by atomic mass is 10.2. The Labute approximate surface area is 97.3 Å². The lowest BCUT2D eigenvalue weighted by molar-refractivity contribution is 0.0695. The molecule has 1 heterocycles. The standard InChI is InChI=1S/C12H15FO2S/c1-9-6-7-10(15-9)8-16(14)12-5-3-2-4-11(12)13/h2-5,9-10H,6-8H2,1H3. The summed E-state index contributed by atoms with van der Waals surface area (Å²) >= 11 is 0. The number of benzene rings is 1. The maximum Gasteiger partial charge on any atom is 0.139 e. The molecule has 3 unspecified atom stereocenters. The van der Waals surface area contributed by atoms with Gasteiger partial charge in [-0.3, -0.25) is 4.21 Å². The van der Waals surface area contributed by atoms with E-state index in [0.29, 0.717) is 5.75 Å². The van der Waals surface area contributed by atoms with Gasteiger partial charge < -0.3 is 4.74 Å². The predicted molar refractivity (Wildman–Crippen MR) is 61.2 cm³/mol. The fraction of sp³-hybridized carbons (Fsp3) is 0.500. The summed E-state index contributed by atoms with van der Waals surface area (Å²) in [6, 6.07) is 6.22. The van der Waals surface area contributed by atoms with Crippen LogP contribution in [0, 0.1) is 5.82 Å². The minimum Gasteiger partial charge on any atom is -0.374 e. The van der Waals surface area contributed by atoms with E-state index in [-0.39, 0.29) is 17.1 Å². The van der Waals surface area contributed by atoms with Crippen molar-refractivity contribution in [3.8, 4) is 0 Å². The summed E-state index contributed by atoms with van der Waals surface area (Å²) in [6.45, 7) is 2.01. The zero-order valence-corrected chi connectivity index (χ0v) is 10.0. The molecule has 0 saturated carbocycles. The van der Waals surface area contributed by atoms with E-state index >= 15 is 0 Å². The lowest BCUT2D eigenvalue weighted by Gasteiger charge is -2.10. The molecule has 1 saturated heterocycles. The molecule has 0 aromatic heterocycles. The fourth-order valence-electron chi connectivity index (χ4n) is 1.90. The van der Waals surface area contributed by atoms with Crippen LogP contribution in [0.15, 0.2) is 29.2 Å². The monoisotopic (exact) mass is 242 g/mol. The van der Waals surface area contributed by atoms with E-state index in [4.69, 9.17) is 4.74 Å². The van der Waals surface area contributed by atoms with E-state index in [1.807, 2.05) is 6.92 Å². The molecule has 0 aliphatic carbocycles. The number of rotatable bonds is 3. The zero-order chi connectivity index (χ0) is 11.5. The van der Waals surface area contributed by atoms with Crippen LogP contribution in [0.5, 0.6) is 0 Å². The first kappa shape index (κ1) is 11.7. The minimum atomic E-state index is -1.30. The largest absolute Gasteiger partial charge is 0.374 e. The number of hydrogen-bond acceptors (Lipinski definition) is 2. The first-order valence-corrected chi connectivity index (χ1v) is 6.77. The Hall–Kier alpha value is -0.740. The molecule has 0 amide bonds. The van der Waals surface area contributed by atoms with Gasteiger partial charge in [-0.2, -0.15) is 0 Å². The van der Waals surface area contributed by atoms with Crippen molar-refractivity contribution >= 4 is 10.8 Å². The van der Waals surface area contributed by atoms with Crippen LogP contribution >= 0.6 is 0 Å². The minimum absolute atomic E-state index is 0.00967. The second-order valence-corrected chi connectivity index (χ2v) is 5.55. The van der Waals surface area contributed by atoms with E-state index in [1.165, 1.54) is 6.07 Å². The molecule has 0 radical (unpaired) electrons. The third-order valence-electron chi connectivity index (χ3n) is 2.74. The molecule has 1 fully saturated rings. The molecule has 4 heteroatoms. The Balaban J connectivity index is 2.01. The molecule has 2 rings (SSSR count). The summed E-state index contributed by atoms with van der Waals surface area (Å²) in [5.74, 6) is -0.00229. The second-order valence-electron chi connectivity index (χ2n) is 4.09. The van der Waals surface area contributed by atoms with Crippen LogP contribution in [0.4, 0.5) is 4.39 Å². The average molecular weight is 242 g/mol. The van der Waals surface area contributed by atoms with Gasteiger partial charge in [0.1, 0.15) is 5.82 Å². The van der Waals surface area contributed by atoms with E-state index < -0.39 is 16.6 Å².